The van der Waals surface area contributed by atoms with Gasteiger partial charge in [-0.1, -0.05) is 42.5 Å². The van der Waals surface area contributed by atoms with Crippen LogP contribution in [-0.2, 0) is 6.54 Å². The molecule has 0 saturated carbocycles. The highest BCUT2D eigenvalue weighted by atomic mass is 16.2. The highest BCUT2D eigenvalue weighted by molar-refractivity contribution is 6.27. The highest BCUT2D eigenvalue weighted by Gasteiger charge is 2.33. The molecule has 2 amide bonds. The first-order chi connectivity index (χ1) is 12.1. The molecule has 0 fully saturated rings. The minimum atomic E-state index is -0.326. The summed E-state index contributed by atoms with van der Waals surface area (Å²) in [6.45, 7) is 1.71. The zero-order valence-corrected chi connectivity index (χ0v) is 13.7. The van der Waals surface area contributed by atoms with E-state index in [0.717, 1.165) is 5.56 Å². The molecule has 4 heteroatoms. The molecule has 0 N–H and O–H groups in total. The molecule has 0 spiro atoms. The lowest BCUT2D eigenvalue weighted by molar-refractivity contribution is 0.0597. The molecule has 1 aliphatic rings. The standard InChI is InChI=1S/C21H15NO3/c1-13(23)15-10-11-18-19-16(15)8-5-9-17(19)20(24)22(21(18)25)12-14-6-3-2-4-7-14/h2-11H,12H2,1H3. The van der Waals surface area contributed by atoms with E-state index in [9.17, 15) is 14.4 Å². The average Bonchev–Trinajstić information content (AvgIpc) is 2.63. The van der Waals surface area contributed by atoms with Gasteiger partial charge in [-0.05, 0) is 36.1 Å². The first kappa shape index (κ1) is 15.3. The SMILES string of the molecule is CC(=O)c1ccc2c3c(cccc13)C(=O)N(Cc1ccccc1)C2=O. The first-order valence-corrected chi connectivity index (χ1v) is 8.04. The van der Waals surface area contributed by atoms with Gasteiger partial charge in [0.15, 0.2) is 5.78 Å². The van der Waals surface area contributed by atoms with Gasteiger partial charge in [0.1, 0.15) is 0 Å². The summed E-state index contributed by atoms with van der Waals surface area (Å²) >= 11 is 0. The number of benzene rings is 3. The summed E-state index contributed by atoms with van der Waals surface area (Å²) in [5, 5.41) is 1.23. The Morgan fingerprint density at radius 1 is 0.840 bits per heavy atom. The van der Waals surface area contributed by atoms with Crippen LogP contribution in [0.3, 0.4) is 0 Å². The summed E-state index contributed by atoms with van der Waals surface area (Å²) in [6.07, 6.45) is 0. The van der Waals surface area contributed by atoms with Gasteiger partial charge >= 0.3 is 0 Å². The Bertz CT molecular complexity index is 1020. The number of imide groups is 1. The first-order valence-electron chi connectivity index (χ1n) is 8.04. The second-order valence-corrected chi connectivity index (χ2v) is 6.13. The van der Waals surface area contributed by atoms with Crippen molar-refractivity contribution in [1.82, 2.24) is 4.90 Å². The van der Waals surface area contributed by atoms with Crippen LogP contribution in [0.4, 0.5) is 0 Å². The Morgan fingerprint density at radius 3 is 2.20 bits per heavy atom. The van der Waals surface area contributed by atoms with Crippen LogP contribution in [0, 0.1) is 0 Å². The number of amides is 2. The lowest BCUT2D eigenvalue weighted by Gasteiger charge is -2.27. The van der Waals surface area contributed by atoms with Crippen molar-refractivity contribution in [2.45, 2.75) is 13.5 Å². The van der Waals surface area contributed by atoms with Crippen molar-refractivity contribution in [2.75, 3.05) is 0 Å². The van der Waals surface area contributed by atoms with E-state index in [2.05, 4.69) is 0 Å². The minimum absolute atomic E-state index is 0.0877. The van der Waals surface area contributed by atoms with E-state index < -0.39 is 0 Å². The van der Waals surface area contributed by atoms with Crippen LogP contribution in [0.5, 0.6) is 0 Å². The highest BCUT2D eigenvalue weighted by Crippen LogP contribution is 2.33. The number of ketones is 1. The van der Waals surface area contributed by atoms with Gasteiger partial charge in [0, 0.05) is 22.1 Å². The molecule has 0 saturated heterocycles. The maximum atomic E-state index is 12.9. The van der Waals surface area contributed by atoms with E-state index in [4.69, 9.17) is 0 Å². The quantitative estimate of drug-likeness (QED) is 0.542. The van der Waals surface area contributed by atoms with Gasteiger partial charge in [0.05, 0.1) is 6.54 Å². The predicted octanol–water partition coefficient (Wildman–Crippen LogP) is 3.84. The molecule has 0 bridgehead atoms. The van der Waals surface area contributed by atoms with E-state index in [-0.39, 0.29) is 24.1 Å². The average molecular weight is 329 g/mol. The number of nitrogens with zero attached hydrogens (tertiary/aromatic N) is 1. The molecule has 25 heavy (non-hydrogen) atoms. The fraction of sp³-hybridized carbons (Fsp3) is 0.0952. The summed E-state index contributed by atoms with van der Waals surface area (Å²) in [5.41, 5.74) is 2.34. The largest absolute Gasteiger partial charge is 0.294 e. The van der Waals surface area contributed by atoms with Crippen molar-refractivity contribution in [1.29, 1.82) is 0 Å². The number of hydrogen-bond acceptors (Lipinski definition) is 3. The van der Waals surface area contributed by atoms with Crippen molar-refractivity contribution >= 4 is 28.4 Å². The van der Waals surface area contributed by atoms with Gasteiger partial charge in [-0.2, -0.15) is 0 Å². The zero-order valence-electron chi connectivity index (χ0n) is 13.7. The number of carbonyl (C=O) groups is 3. The van der Waals surface area contributed by atoms with Crippen LogP contribution in [0.15, 0.2) is 60.7 Å². The van der Waals surface area contributed by atoms with E-state index >= 15 is 0 Å². The fourth-order valence-corrected chi connectivity index (χ4v) is 3.36. The number of hydrogen-bond donors (Lipinski definition) is 0. The molecule has 0 radical (unpaired) electrons. The molecule has 1 heterocycles. The smallest absolute Gasteiger partial charge is 0.261 e. The Kier molecular flexibility index (Phi) is 3.46. The van der Waals surface area contributed by atoms with Gasteiger partial charge in [0.25, 0.3) is 11.8 Å². The Morgan fingerprint density at radius 2 is 1.52 bits per heavy atom. The molecular weight excluding hydrogens is 314 g/mol. The number of rotatable bonds is 3. The summed E-state index contributed by atoms with van der Waals surface area (Å²) in [7, 11) is 0. The van der Waals surface area contributed by atoms with E-state index in [0.29, 0.717) is 27.5 Å². The number of carbonyl (C=O) groups excluding carboxylic acids is 3. The third-order valence-electron chi connectivity index (χ3n) is 4.55. The van der Waals surface area contributed by atoms with E-state index in [1.807, 2.05) is 30.3 Å². The molecule has 1 aliphatic heterocycles. The zero-order chi connectivity index (χ0) is 17.6. The molecule has 3 aromatic carbocycles. The summed E-state index contributed by atoms with van der Waals surface area (Å²) in [5.74, 6) is -0.740. The second kappa shape index (κ2) is 5.67. The van der Waals surface area contributed by atoms with Crippen LogP contribution in [-0.4, -0.2) is 22.5 Å². The third-order valence-corrected chi connectivity index (χ3v) is 4.55. The molecule has 0 unspecified atom stereocenters. The lowest BCUT2D eigenvalue weighted by atomic mass is 9.90. The summed E-state index contributed by atoms with van der Waals surface area (Å²) in [6, 6.07) is 18.0. The van der Waals surface area contributed by atoms with Gasteiger partial charge in [-0.25, -0.2) is 0 Å². The molecule has 0 aromatic heterocycles. The Balaban J connectivity index is 1.89. The maximum absolute atomic E-state index is 12.9. The van der Waals surface area contributed by atoms with Crippen LogP contribution in [0.2, 0.25) is 0 Å². The predicted molar refractivity (Wildman–Crippen MR) is 94.6 cm³/mol. The van der Waals surface area contributed by atoms with E-state index in [1.165, 1.54) is 11.8 Å². The normalized spacial score (nSPS) is 13.4. The second-order valence-electron chi connectivity index (χ2n) is 6.13. The molecular formula is C21H15NO3. The van der Waals surface area contributed by atoms with Gasteiger partial charge in [-0.3, -0.25) is 19.3 Å². The molecule has 0 atom stereocenters. The van der Waals surface area contributed by atoms with Crippen LogP contribution < -0.4 is 0 Å². The summed E-state index contributed by atoms with van der Waals surface area (Å²) in [4.78, 5) is 39.0. The van der Waals surface area contributed by atoms with Crippen LogP contribution >= 0.6 is 0 Å². The summed E-state index contributed by atoms with van der Waals surface area (Å²) < 4.78 is 0. The fourth-order valence-electron chi connectivity index (χ4n) is 3.36. The topological polar surface area (TPSA) is 54.5 Å². The van der Waals surface area contributed by atoms with Gasteiger partial charge < -0.3 is 0 Å². The number of Topliss-reactive ketones (excluding diaryl/α,β-unsaturated/α-hetero) is 1. The minimum Gasteiger partial charge on any atom is -0.294 e. The Labute approximate surface area is 144 Å². The van der Waals surface area contributed by atoms with Gasteiger partial charge in [-0.15, -0.1) is 0 Å². The Hall–Kier alpha value is -3.27. The lowest BCUT2D eigenvalue weighted by Crippen LogP contribution is -2.39. The molecule has 3 aromatic rings. The monoisotopic (exact) mass is 329 g/mol. The molecule has 0 aliphatic carbocycles. The maximum Gasteiger partial charge on any atom is 0.261 e. The van der Waals surface area contributed by atoms with Crippen molar-refractivity contribution in [3.8, 4) is 0 Å². The van der Waals surface area contributed by atoms with Crippen molar-refractivity contribution in [3.63, 3.8) is 0 Å². The molecule has 122 valence electrons. The van der Waals surface area contributed by atoms with Crippen molar-refractivity contribution in [3.05, 3.63) is 82.9 Å². The van der Waals surface area contributed by atoms with E-state index in [1.54, 1.807) is 30.3 Å². The van der Waals surface area contributed by atoms with Gasteiger partial charge in [0.2, 0.25) is 0 Å². The van der Waals surface area contributed by atoms with Crippen molar-refractivity contribution < 1.29 is 14.4 Å². The third kappa shape index (κ3) is 2.34. The molecule has 4 nitrogen and oxygen atoms in total. The molecule has 4 rings (SSSR count). The van der Waals surface area contributed by atoms with Crippen LogP contribution in [0.25, 0.3) is 10.8 Å². The van der Waals surface area contributed by atoms with Crippen molar-refractivity contribution in [2.24, 2.45) is 0 Å². The van der Waals surface area contributed by atoms with Crippen LogP contribution in [0.1, 0.15) is 43.6 Å².